The van der Waals surface area contributed by atoms with E-state index in [1.165, 1.54) is 66.0 Å². The van der Waals surface area contributed by atoms with Crippen LogP contribution in [-0.2, 0) is 4.74 Å². The Bertz CT molecular complexity index is 1600. The van der Waals surface area contributed by atoms with Crippen LogP contribution in [0, 0.1) is 27.2 Å². The molecule has 16 heteroatoms. The van der Waals surface area contributed by atoms with Crippen molar-refractivity contribution in [2.75, 3.05) is 7.11 Å². The number of carbonyl (C=O) groups is 2. The number of carbonyl (C=O) groups excluding carboxylic acids is 2. The third-order valence-corrected chi connectivity index (χ3v) is 14.2. The fourth-order valence-electron chi connectivity index (χ4n) is 3.19. The van der Waals surface area contributed by atoms with E-state index in [2.05, 4.69) is 67.8 Å². The molecule has 252 valence electrons. The van der Waals surface area contributed by atoms with Crippen LogP contribution in [0.5, 0.6) is 0 Å². The van der Waals surface area contributed by atoms with E-state index in [1.54, 1.807) is 29.5 Å². The van der Waals surface area contributed by atoms with E-state index in [1.807, 2.05) is 11.6 Å². The van der Waals surface area contributed by atoms with E-state index in [9.17, 15) is 29.8 Å². The summed E-state index contributed by atoms with van der Waals surface area (Å²) in [4.78, 5) is 52.7. The van der Waals surface area contributed by atoms with Gasteiger partial charge in [-0.3, -0.25) is 35.0 Å². The maximum atomic E-state index is 12.4. The van der Waals surface area contributed by atoms with E-state index in [4.69, 9.17) is 0 Å². The summed E-state index contributed by atoms with van der Waals surface area (Å²) in [6.45, 7) is 19.1. The summed E-state index contributed by atoms with van der Waals surface area (Å²) >= 11 is 3.12. The Morgan fingerprint density at radius 1 is 0.872 bits per heavy atom. The molecule has 4 aromatic rings. The van der Waals surface area contributed by atoms with Crippen LogP contribution < -0.4 is 28.1 Å². The first-order valence-electron chi connectivity index (χ1n) is 14.2. The largest absolute Gasteiger partial charge is 1.00 e. The number of para-hydroxylation sites is 2. The van der Waals surface area contributed by atoms with Crippen molar-refractivity contribution < 1.29 is 45.9 Å². The molecule has 2 aromatic heterocycles. The molecule has 0 N–H and O–H groups in total. The number of methoxy groups -OCH3 is 1. The normalized spacial score (nSPS) is 10.3. The monoisotopic (exact) mass is 712 g/mol. The van der Waals surface area contributed by atoms with Crippen LogP contribution in [0.15, 0.2) is 66.3 Å². The summed E-state index contributed by atoms with van der Waals surface area (Å²) in [6.07, 6.45) is 5.69. The SMILES string of the molecule is COC(=O)c1ccccc1[N+](=O)[O-].C[Si](C)(C)c1ncc(C(=O)c2ccccc2[N+](=O)[O-])s1.C[Si](C)(C)c1nccs1.[CH2-]CCC.[HH].[HH].[Li+]. The van der Waals surface area contributed by atoms with Gasteiger partial charge in [0.2, 0.25) is 5.78 Å². The third-order valence-electron chi connectivity index (χ3n) is 5.65. The number of nitro groups is 2. The van der Waals surface area contributed by atoms with Gasteiger partial charge in [-0.1, -0.05) is 76.9 Å². The van der Waals surface area contributed by atoms with Gasteiger partial charge in [-0.2, -0.15) is 6.42 Å². The first-order chi connectivity index (χ1) is 21.5. The van der Waals surface area contributed by atoms with Crippen LogP contribution in [0.3, 0.4) is 0 Å². The van der Waals surface area contributed by atoms with Crippen LogP contribution in [0.1, 0.15) is 48.2 Å². The van der Waals surface area contributed by atoms with Gasteiger partial charge in [0.25, 0.3) is 11.4 Å². The molecule has 0 atom stereocenters. The van der Waals surface area contributed by atoms with Crippen LogP contribution in [0.4, 0.5) is 11.4 Å². The average Bonchev–Trinajstić information content (AvgIpc) is 3.75. The quantitative estimate of drug-likeness (QED) is 0.0612. The summed E-state index contributed by atoms with van der Waals surface area (Å²) in [7, 11) is -1.47. The van der Waals surface area contributed by atoms with Gasteiger partial charge < -0.3 is 11.7 Å². The number of ketones is 1. The maximum Gasteiger partial charge on any atom is 1.00 e. The van der Waals surface area contributed by atoms with Crippen molar-refractivity contribution in [3.63, 3.8) is 0 Å². The maximum absolute atomic E-state index is 12.4. The van der Waals surface area contributed by atoms with Gasteiger partial charge in [0.05, 0.1) is 31.1 Å². The number of ether oxygens (including phenoxy) is 1. The molecule has 11 nitrogen and oxygen atoms in total. The number of esters is 1. The molecular formula is C31H45LiN4O7S2Si2. The minimum Gasteiger partial charge on any atom is -0.465 e. The molecule has 0 fully saturated rings. The molecule has 0 aliphatic heterocycles. The number of hydrogen-bond acceptors (Lipinski definition) is 11. The Labute approximate surface area is 301 Å². The van der Waals surface area contributed by atoms with Crippen LogP contribution in [0.25, 0.3) is 0 Å². The minimum atomic E-state index is -1.57. The van der Waals surface area contributed by atoms with Crippen molar-refractivity contribution in [2.24, 2.45) is 0 Å². The molecule has 4 rings (SSSR count). The number of rotatable bonds is 8. The average molecular weight is 713 g/mol. The molecule has 0 radical (unpaired) electrons. The fraction of sp³-hybridized carbons (Fsp3) is 0.323. The molecule has 0 bridgehead atoms. The molecule has 0 saturated carbocycles. The van der Waals surface area contributed by atoms with Crippen LogP contribution in [-0.4, -0.2) is 54.8 Å². The molecule has 47 heavy (non-hydrogen) atoms. The van der Waals surface area contributed by atoms with Crippen molar-refractivity contribution in [2.45, 2.75) is 59.0 Å². The predicted molar refractivity (Wildman–Crippen MR) is 196 cm³/mol. The van der Waals surface area contributed by atoms with Gasteiger partial charge in [0.1, 0.15) is 27.3 Å². The Kier molecular flexibility index (Phi) is 19.3. The van der Waals surface area contributed by atoms with Crippen LogP contribution >= 0.6 is 22.7 Å². The summed E-state index contributed by atoms with van der Waals surface area (Å²) in [5.41, 5.74) is -0.326. The Morgan fingerprint density at radius 3 is 1.70 bits per heavy atom. The molecule has 2 heterocycles. The number of thiazole rings is 2. The number of nitrogens with zero attached hydrogens (tertiary/aromatic N) is 4. The van der Waals surface area contributed by atoms with Crippen molar-refractivity contribution in [1.82, 2.24) is 9.97 Å². The van der Waals surface area contributed by atoms with Crippen molar-refractivity contribution in [3.05, 3.63) is 109 Å². The number of unbranched alkanes of at least 4 members (excludes halogenated alkanes) is 1. The molecule has 0 saturated heterocycles. The minimum absolute atomic E-state index is 0. The Hall–Kier alpha value is -3.33. The van der Waals surface area contributed by atoms with E-state index in [-0.39, 0.29) is 50.0 Å². The Morgan fingerprint density at radius 2 is 1.34 bits per heavy atom. The first-order valence-corrected chi connectivity index (χ1v) is 22.9. The van der Waals surface area contributed by atoms with Crippen molar-refractivity contribution in [1.29, 1.82) is 0 Å². The molecule has 0 amide bonds. The second-order valence-electron chi connectivity index (χ2n) is 11.6. The van der Waals surface area contributed by atoms with Crippen molar-refractivity contribution in [3.8, 4) is 0 Å². The van der Waals surface area contributed by atoms with E-state index >= 15 is 0 Å². The van der Waals surface area contributed by atoms with Crippen LogP contribution in [0.2, 0.25) is 39.3 Å². The number of benzene rings is 2. The van der Waals surface area contributed by atoms with Crippen molar-refractivity contribution >= 4 is 71.2 Å². The molecule has 0 spiro atoms. The van der Waals surface area contributed by atoms with E-state index in [0.29, 0.717) is 4.88 Å². The molecule has 0 aliphatic carbocycles. The number of nitro benzene ring substituents is 2. The zero-order chi connectivity index (χ0) is 35.1. The molecule has 0 aliphatic rings. The second kappa shape index (κ2) is 20.8. The van der Waals surface area contributed by atoms with Gasteiger partial charge in [-0.15, -0.1) is 22.7 Å². The fourth-order valence-corrected chi connectivity index (χ4v) is 8.27. The molecule has 2 aromatic carbocycles. The van der Waals surface area contributed by atoms with E-state index < -0.39 is 32.0 Å². The van der Waals surface area contributed by atoms with Gasteiger partial charge >= 0.3 is 24.8 Å². The second-order valence-corrected chi connectivity index (χ2v) is 24.2. The van der Waals surface area contributed by atoms with Gasteiger partial charge in [0.15, 0.2) is 0 Å². The first kappa shape index (κ1) is 43.7. The zero-order valence-electron chi connectivity index (χ0n) is 28.4. The van der Waals surface area contributed by atoms with E-state index in [0.717, 1.165) is 11.1 Å². The van der Waals surface area contributed by atoms with Gasteiger partial charge in [0, 0.05) is 32.8 Å². The standard InChI is InChI=1S/C13H14N2O3SSi.C8H7NO4.C6H11NSSi.C4H9.Li.2H2/c1-20(2,3)13-14-8-11(19-13)12(16)9-6-4-5-7-10(9)15(17)18;1-13-8(10)6-4-2-3-5-7(6)9(11)12;1-9(2,3)6-7-4-5-8-6;1-3-4-2;;;/h4-8H,1-3H3;2-5H,1H3;4-5H,1-3H3;1,3-4H2,2H3;;2*1H/q;;;-1;+1;;. The summed E-state index contributed by atoms with van der Waals surface area (Å²) in [5.74, 6) is -1.04. The number of hydrogen-bond donors (Lipinski definition) is 0. The van der Waals surface area contributed by atoms with Gasteiger partial charge in [-0.05, 0) is 12.1 Å². The Balaban J connectivity index is -0.000000633. The topological polar surface area (TPSA) is 155 Å². The summed E-state index contributed by atoms with van der Waals surface area (Å²) in [5, 5.41) is 23.5. The smallest absolute Gasteiger partial charge is 0.465 e. The molecule has 0 unspecified atom stereocenters. The third kappa shape index (κ3) is 14.5. The summed E-state index contributed by atoms with van der Waals surface area (Å²) in [6, 6.07) is 11.6. The van der Waals surface area contributed by atoms with Gasteiger partial charge in [-0.25, -0.2) is 4.79 Å². The summed E-state index contributed by atoms with van der Waals surface area (Å²) < 4.78 is 6.70. The number of aromatic nitrogens is 2. The predicted octanol–water partition coefficient (Wildman–Crippen LogP) is 5.01. The zero-order valence-corrected chi connectivity index (χ0v) is 32.1. The molecular weight excluding hydrogens is 668 g/mol.